The molecule has 43 heavy (non-hydrogen) atoms. The van der Waals surface area contributed by atoms with Crippen LogP contribution in [0, 0.1) is 5.41 Å². The lowest BCUT2D eigenvalue weighted by Gasteiger charge is -2.38. The minimum absolute atomic E-state index is 0.0625. The van der Waals surface area contributed by atoms with Crippen LogP contribution in [0.2, 0.25) is 0 Å². The van der Waals surface area contributed by atoms with Crippen molar-refractivity contribution in [3.8, 4) is 0 Å². The average molecular weight is 576 g/mol. The second-order valence-corrected chi connectivity index (χ2v) is 12.3. The van der Waals surface area contributed by atoms with E-state index in [0.29, 0.717) is 18.7 Å². The van der Waals surface area contributed by atoms with Gasteiger partial charge in [-0.1, -0.05) is 50.2 Å². The predicted octanol–water partition coefficient (Wildman–Crippen LogP) is 5.65. The molecule has 9 nitrogen and oxygen atoms in total. The zero-order valence-electron chi connectivity index (χ0n) is 25.0. The standard InChI is InChI=1S/C34H37N7O2/c1-34(2)17-28-32(30(42)18-34)33(24-11-15-26(16-12-24)39(3)4)41(29-8-6-5-7-27(29)38-28)20-31(43)37-25-13-9-23(10-14-25)19-40-22-35-21-36-40/h5-16,21-22,33,38H,17-20H2,1-4H3,(H,37,43). The van der Waals surface area contributed by atoms with Crippen LogP contribution in [0.5, 0.6) is 0 Å². The molecule has 2 N–H and O–H groups in total. The summed E-state index contributed by atoms with van der Waals surface area (Å²) in [6.07, 6.45) is 4.38. The van der Waals surface area contributed by atoms with Crippen molar-refractivity contribution in [1.82, 2.24) is 14.8 Å². The van der Waals surface area contributed by atoms with Gasteiger partial charge < -0.3 is 20.4 Å². The molecule has 1 amide bonds. The number of aromatic nitrogens is 3. The van der Waals surface area contributed by atoms with E-state index in [0.717, 1.165) is 45.9 Å². The van der Waals surface area contributed by atoms with E-state index in [1.807, 2.05) is 62.6 Å². The summed E-state index contributed by atoms with van der Waals surface area (Å²) < 4.78 is 1.75. The zero-order chi connectivity index (χ0) is 30.1. The first-order chi connectivity index (χ1) is 20.7. The first-order valence-electron chi connectivity index (χ1n) is 14.5. The highest BCUT2D eigenvalue weighted by atomic mass is 16.2. The van der Waals surface area contributed by atoms with Gasteiger partial charge in [-0.05, 0) is 59.4 Å². The molecule has 3 aromatic carbocycles. The molecular formula is C34H37N7O2. The first kappa shape index (κ1) is 28.2. The molecule has 2 heterocycles. The fourth-order valence-electron chi connectivity index (χ4n) is 6.08. The second-order valence-electron chi connectivity index (χ2n) is 12.3. The van der Waals surface area contributed by atoms with Gasteiger partial charge in [0.25, 0.3) is 0 Å². The number of rotatable bonds is 7. The predicted molar refractivity (Wildman–Crippen MR) is 170 cm³/mol. The number of amides is 1. The molecule has 6 rings (SSSR count). The van der Waals surface area contributed by atoms with Gasteiger partial charge in [-0.3, -0.25) is 9.59 Å². The molecule has 1 atom stereocenters. The molecule has 0 bridgehead atoms. The zero-order valence-corrected chi connectivity index (χ0v) is 25.0. The van der Waals surface area contributed by atoms with Gasteiger partial charge in [0.05, 0.1) is 30.5 Å². The highest BCUT2D eigenvalue weighted by molar-refractivity contribution is 6.02. The topological polar surface area (TPSA) is 95.4 Å². The number of para-hydroxylation sites is 2. The highest BCUT2D eigenvalue weighted by Crippen LogP contribution is 2.48. The van der Waals surface area contributed by atoms with E-state index in [1.54, 1.807) is 11.0 Å². The number of nitrogens with one attached hydrogen (secondary N) is 2. The lowest BCUT2D eigenvalue weighted by Crippen LogP contribution is -2.40. The van der Waals surface area contributed by atoms with Crippen LogP contribution in [0.25, 0.3) is 0 Å². The molecule has 9 heteroatoms. The van der Waals surface area contributed by atoms with Crippen molar-refractivity contribution < 1.29 is 9.59 Å². The molecule has 0 fully saturated rings. The lowest BCUT2D eigenvalue weighted by molar-refractivity contribution is -0.119. The minimum atomic E-state index is -0.429. The number of hydrogen-bond acceptors (Lipinski definition) is 7. The van der Waals surface area contributed by atoms with Crippen LogP contribution in [0.1, 0.15) is 43.9 Å². The molecule has 1 aliphatic heterocycles. The third-order valence-corrected chi connectivity index (χ3v) is 8.09. The van der Waals surface area contributed by atoms with Crippen molar-refractivity contribution in [1.29, 1.82) is 0 Å². The third-order valence-electron chi connectivity index (χ3n) is 8.09. The fraction of sp³-hybridized carbons (Fsp3) is 0.294. The van der Waals surface area contributed by atoms with Crippen molar-refractivity contribution in [3.63, 3.8) is 0 Å². The number of Topliss-reactive ketones (excluding diaryl/α,β-unsaturated/α-hetero) is 1. The molecule has 220 valence electrons. The number of hydrogen-bond donors (Lipinski definition) is 2. The third kappa shape index (κ3) is 6.02. The monoisotopic (exact) mass is 575 g/mol. The second kappa shape index (κ2) is 11.4. The van der Waals surface area contributed by atoms with E-state index < -0.39 is 6.04 Å². The Hall–Kier alpha value is -4.92. The Balaban J connectivity index is 1.35. The van der Waals surface area contributed by atoms with Gasteiger partial charge in [-0.15, -0.1) is 0 Å². The molecular weight excluding hydrogens is 538 g/mol. The van der Waals surface area contributed by atoms with Crippen LogP contribution in [0.15, 0.2) is 96.7 Å². The van der Waals surface area contributed by atoms with Gasteiger partial charge >= 0.3 is 0 Å². The van der Waals surface area contributed by atoms with Gasteiger partial charge in [0, 0.05) is 43.2 Å². The first-order valence-corrected chi connectivity index (χ1v) is 14.5. The molecule has 0 radical (unpaired) electrons. The lowest BCUT2D eigenvalue weighted by atomic mass is 9.73. The molecule has 1 unspecified atom stereocenters. The summed E-state index contributed by atoms with van der Waals surface area (Å²) in [5, 5.41) is 10.9. The summed E-state index contributed by atoms with van der Waals surface area (Å²) in [6.45, 7) is 4.93. The fourth-order valence-corrected chi connectivity index (χ4v) is 6.08. The largest absolute Gasteiger partial charge is 0.378 e. The number of nitrogens with zero attached hydrogens (tertiary/aromatic N) is 5. The highest BCUT2D eigenvalue weighted by Gasteiger charge is 2.41. The molecule has 1 aliphatic carbocycles. The van der Waals surface area contributed by atoms with Crippen LogP contribution in [0.3, 0.4) is 0 Å². The van der Waals surface area contributed by atoms with E-state index in [9.17, 15) is 9.59 Å². The molecule has 2 aliphatic rings. The van der Waals surface area contributed by atoms with Crippen LogP contribution >= 0.6 is 0 Å². The molecule has 1 aromatic heterocycles. The molecule has 0 saturated carbocycles. The molecule has 4 aromatic rings. The van der Waals surface area contributed by atoms with Crippen molar-refractivity contribution in [2.24, 2.45) is 5.41 Å². The number of carbonyl (C=O) groups is 2. The Morgan fingerprint density at radius 2 is 1.77 bits per heavy atom. The summed E-state index contributed by atoms with van der Waals surface area (Å²) >= 11 is 0. The summed E-state index contributed by atoms with van der Waals surface area (Å²) in [5.41, 5.74) is 7.06. The van der Waals surface area contributed by atoms with E-state index >= 15 is 0 Å². The Bertz CT molecular complexity index is 1660. The maximum Gasteiger partial charge on any atom is 0.243 e. The Labute approximate surface area is 252 Å². The number of anilines is 4. The van der Waals surface area contributed by atoms with E-state index in [4.69, 9.17) is 0 Å². The Morgan fingerprint density at radius 1 is 1.02 bits per heavy atom. The molecule has 0 saturated heterocycles. The minimum Gasteiger partial charge on any atom is -0.378 e. The number of fused-ring (bicyclic) bond motifs is 1. The van der Waals surface area contributed by atoms with Crippen molar-refractivity contribution >= 4 is 34.4 Å². The van der Waals surface area contributed by atoms with E-state index in [-0.39, 0.29) is 23.7 Å². The summed E-state index contributed by atoms with van der Waals surface area (Å²) in [5.74, 6) is -0.0528. The van der Waals surface area contributed by atoms with Crippen LogP contribution in [-0.4, -0.2) is 47.1 Å². The molecule has 0 spiro atoms. The number of ketones is 1. The number of carbonyl (C=O) groups excluding carboxylic acids is 2. The maximum atomic E-state index is 13.9. The van der Waals surface area contributed by atoms with Crippen molar-refractivity contribution in [2.45, 2.75) is 39.3 Å². The summed E-state index contributed by atoms with van der Waals surface area (Å²) in [7, 11) is 4.01. The smallest absolute Gasteiger partial charge is 0.243 e. The van der Waals surface area contributed by atoms with Gasteiger partial charge in [-0.2, -0.15) is 5.10 Å². The summed E-state index contributed by atoms with van der Waals surface area (Å²) in [6, 6.07) is 23.6. The maximum absolute atomic E-state index is 13.9. The number of benzene rings is 3. The van der Waals surface area contributed by atoms with E-state index in [2.05, 4.69) is 68.6 Å². The number of allylic oxidation sites excluding steroid dienone is 1. The van der Waals surface area contributed by atoms with Gasteiger partial charge in [0.2, 0.25) is 5.91 Å². The van der Waals surface area contributed by atoms with E-state index in [1.165, 1.54) is 6.33 Å². The van der Waals surface area contributed by atoms with Crippen LogP contribution in [-0.2, 0) is 16.1 Å². The van der Waals surface area contributed by atoms with Crippen molar-refractivity contribution in [3.05, 3.63) is 108 Å². The average Bonchev–Trinajstić information content (AvgIpc) is 3.43. The Kier molecular flexibility index (Phi) is 7.48. The van der Waals surface area contributed by atoms with Gasteiger partial charge in [0.15, 0.2) is 5.78 Å². The van der Waals surface area contributed by atoms with Gasteiger partial charge in [-0.25, -0.2) is 9.67 Å². The summed E-state index contributed by atoms with van der Waals surface area (Å²) in [4.78, 5) is 35.7. The Morgan fingerprint density at radius 3 is 2.47 bits per heavy atom. The SMILES string of the molecule is CN(C)c1ccc(C2C3=C(CC(C)(C)CC3=O)Nc3ccccc3N2CC(=O)Nc2ccc(Cn3cncn3)cc2)cc1. The normalized spacial score (nSPS) is 17.4. The van der Waals surface area contributed by atoms with Gasteiger partial charge in [0.1, 0.15) is 12.7 Å². The van der Waals surface area contributed by atoms with Crippen LogP contribution in [0.4, 0.5) is 22.7 Å². The quantitative estimate of drug-likeness (QED) is 0.294. The van der Waals surface area contributed by atoms with Crippen molar-refractivity contribution in [2.75, 3.05) is 41.1 Å². The van der Waals surface area contributed by atoms with Crippen LogP contribution < -0.4 is 20.4 Å².